The summed E-state index contributed by atoms with van der Waals surface area (Å²) in [7, 11) is 0. The number of hydrogen-bond acceptors (Lipinski definition) is 3. The molecule has 1 aliphatic rings. The maximum Gasteiger partial charge on any atom is 0.0735 e. The molecule has 0 aromatic rings. The van der Waals surface area contributed by atoms with Crippen LogP contribution in [0.5, 0.6) is 0 Å². The molecule has 0 saturated carbocycles. The molecule has 0 bridgehead atoms. The second-order valence-electron chi connectivity index (χ2n) is 4.34. The molecule has 1 fully saturated rings. The van der Waals surface area contributed by atoms with E-state index in [9.17, 15) is 5.11 Å². The summed E-state index contributed by atoms with van der Waals surface area (Å²) in [5.41, 5.74) is 5.65. The number of rotatable bonds is 4. The molecule has 0 radical (unpaired) electrons. The van der Waals surface area contributed by atoms with E-state index in [0.717, 1.165) is 13.0 Å². The Kier molecular flexibility index (Phi) is 4.16. The first-order valence-corrected chi connectivity index (χ1v) is 5.28. The summed E-state index contributed by atoms with van der Waals surface area (Å²) in [6.45, 7) is 5.86. The molecule has 3 unspecified atom stereocenters. The van der Waals surface area contributed by atoms with Crippen molar-refractivity contribution in [2.45, 2.75) is 38.8 Å². The number of hydrogen-bond donors (Lipinski definition) is 3. The molecule has 0 spiro atoms. The van der Waals surface area contributed by atoms with Gasteiger partial charge >= 0.3 is 0 Å². The third-order valence-corrected chi connectivity index (χ3v) is 3.08. The Balaban J connectivity index is 2.46. The van der Waals surface area contributed by atoms with Crippen molar-refractivity contribution in [1.29, 1.82) is 0 Å². The monoisotopic (exact) mass is 186 g/mol. The zero-order valence-electron chi connectivity index (χ0n) is 8.66. The van der Waals surface area contributed by atoms with E-state index in [1.54, 1.807) is 0 Å². The Morgan fingerprint density at radius 3 is 2.62 bits per heavy atom. The predicted molar refractivity (Wildman–Crippen MR) is 54.4 cm³/mol. The van der Waals surface area contributed by atoms with E-state index in [0.29, 0.717) is 12.5 Å². The lowest BCUT2D eigenvalue weighted by Gasteiger charge is -2.29. The molecule has 0 aliphatic carbocycles. The Morgan fingerprint density at radius 1 is 1.54 bits per heavy atom. The average molecular weight is 186 g/mol. The van der Waals surface area contributed by atoms with Gasteiger partial charge in [-0.2, -0.15) is 0 Å². The van der Waals surface area contributed by atoms with Gasteiger partial charge in [0.1, 0.15) is 0 Å². The van der Waals surface area contributed by atoms with Crippen LogP contribution in [0.2, 0.25) is 0 Å². The fourth-order valence-corrected chi connectivity index (χ4v) is 2.11. The summed E-state index contributed by atoms with van der Waals surface area (Å²) >= 11 is 0. The molecule has 3 atom stereocenters. The maximum absolute atomic E-state index is 10.0. The van der Waals surface area contributed by atoms with Crippen LogP contribution in [-0.4, -0.2) is 30.3 Å². The third kappa shape index (κ3) is 2.66. The van der Waals surface area contributed by atoms with E-state index >= 15 is 0 Å². The predicted octanol–water partition coefficient (Wildman–Crippen LogP) is 0.330. The van der Waals surface area contributed by atoms with Gasteiger partial charge in [-0.1, -0.05) is 13.8 Å². The molecule has 0 amide bonds. The van der Waals surface area contributed by atoms with Crippen LogP contribution in [0.1, 0.15) is 26.7 Å². The summed E-state index contributed by atoms with van der Waals surface area (Å²) in [5.74, 6) is 0.693. The first kappa shape index (κ1) is 11.0. The fraction of sp³-hybridized carbons (Fsp3) is 1.00. The molecular formula is C10H22N2O. The van der Waals surface area contributed by atoms with Gasteiger partial charge < -0.3 is 16.2 Å². The SMILES string of the molecule is CC(C)C(CN)C(O)C1CCCN1. The van der Waals surface area contributed by atoms with E-state index in [2.05, 4.69) is 19.2 Å². The van der Waals surface area contributed by atoms with Gasteiger partial charge in [0.05, 0.1) is 6.10 Å². The number of aliphatic hydroxyl groups is 1. The zero-order valence-corrected chi connectivity index (χ0v) is 8.66. The zero-order chi connectivity index (χ0) is 9.84. The first-order valence-electron chi connectivity index (χ1n) is 5.28. The Bertz CT molecular complexity index is 144. The van der Waals surface area contributed by atoms with Crippen molar-refractivity contribution in [2.24, 2.45) is 17.6 Å². The second kappa shape index (κ2) is 4.94. The fourth-order valence-electron chi connectivity index (χ4n) is 2.11. The van der Waals surface area contributed by atoms with Crippen molar-refractivity contribution in [3.63, 3.8) is 0 Å². The minimum absolute atomic E-state index is 0.232. The van der Waals surface area contributed by atoms with Crippen molar-refractivity contribution in [2.75, 3.05) is 13.1 Å². The van der Waals surface area contributed by atoms with Gasteiger partial charge in [0.15, 0.2) is 0 Å². The Hall–Kier alpha value is -0.120. The van der Waals surface area contributed by atoms with Crippen molar-refractivity contribution in [3.05, 3.63) is 0 Å². The van der Waals surface area contributed by atoms with Gasteiger partial charge in [0.2, 0.25) is 0 Å². The van der Waals surface area contributed by atoms with Crippen molar-refractivity contribution in [3.8, 4) is 0 Å². The van der Waals surface area contributed by atoms with Crippen LogP contribution in [0.4, 0.5) is 0 Å². The normalized spacial score (nSPS) is 27.9. The van der Waals surface area contributed by atoms with E-state index < -0.39 is 0 Å². The first-order chi connectivity index (χ1) is 6.16. The highest BCUT2D eigenvalue weighted by Gasteiger charge is 2.30. The number of nitrogens with one attached hydrogen (secondary N) is 1. The molecule has 3 heteroatoms. The van der Waals surface area contributed by atoms with Crippen LogP contribution < -0.4 is 11.1 Å². The van der Waals surface area contributed by atoms with E-state index in [1.165, 1.54) is 6.42 Å². The topological polar surface area (TPSA) is 58.3 Å². The molecule has 78 valence electrons. The van der Waals surface area contributed by atoms with E-state index in [1.807, 2.05) is 0 Å². The molecule has 0 aromatic carbocycles. The maximum atomic E-state index is 10.0. The minimum atomic E-state index is -0.271. The molecule has 0 aromatic heterocycles. The van der Waals surface area contributed by atoms with Gasteiger partial charge in [-0.15, -0.1) is 0 Å². The van der Waals surface area contributed by atoms with Crippen LogP contribution >= 0.6 is 0 Å². The van der Waals surface area contributed by atoms with Gasteiger partial charge in [-0.05, 0) is 31.8 Å². The lowest BCUT2D eigenvalue weighted by Crippen LogP contribution is -2.44. The molecule has 4 N–H and O–H groups in total. The minimum Gasteiger partial charge on any atom is -0.391 e. The lowest BCUT2D eigenvalue weighted by molar-refractivity contribution is 0.0567. The van der Waals surface area contributed by atoms with Gasteiger partial charge in [-0.3, -0.25) is 0 Å². The number of aliphatic hydroxyl groups excluding tert-OH is 1. The summed E-state index contributed by atoms with van der Waals surface area (Å²) in [4.78, 5) is 0. The smallest absolute Gasteiger partial charge is 0.0735 e. The van der Waals surface area contributed by atoms with Crippen LogP contribution in [0, 0.1) is 11.8 Å². The summed E-state index contributed by atoms with van der Waals surface area (Å²) in [6, 6.07) is 0.274. The van der Waals surface area contributed by atoms with E-state index in [-0.39, 0.29) is 18.1 Å². The molecule has 1 rings (SSSR count). The van der Waals surface area contributed by atoms with Crippen LogP contribution in [0.25, 0.3) is 0 Å². The highest BCUT2D eigenvalue weighted by Crippen LogP contribution is 2.21. The summed E-state index contributed by atoms with van der Waals surface area (Å²) < 4.78 is 0. The van der Waals surface area contributed by atoms with Crippen LogP contribution in [-0.2, 0) is 0 Å². The third-order valence-electron chi connectivity index (χ3n) is 3.08. The highest BCUT2D eigenvalue weighted by atomic mass is 16.3. The molecule has 1 heterocycles. The molecular weight excluding hydrogens is 164 g/mol. The molecule has 3 nitrogen and oxygen atoms in total. The van der Waals surface area contributed by atoms with Gasteiger partial charge in [0.25, 0.3) is 0 Å². The van der Waals surface area contributed by atoms with Gasteiger partial charge in [0, 0.05) is 12.0 Å². The number of nitrogens with two attached hydrogens (primary N) is 1. The second-order valence-corrected chi connectivity index (χ2v) is 4.34. The summed E-state index contributed by atoms with van der Waals surface area (Å²) in [5, 5.41) is 13.4. The largest absolute Gasteiger partial charge is 0.391 e. The van der Waals surface area contributed by atoms with Crippen molar-refractivity contribution in [1.82, 2.24) is 5.32 Å². The quantitative estimate of drug-likeness (QED) is 0.593. The Labute approximate surface area is 80.7 Å². The molecule has 13 heavy (non-hydrogen) atoms. The van der Waals surface area contributed by atoms with Gasteiger partial charge in [-0.25, -0.2) is 0 Å². The highest BCUT2D eigenvalue weighted by molar-refractivity contribution is 4.87. The molecule has 1 aliphatic heterocycles. The lowest BCUT2D eigenvalue weighted by atomic mass is 9.86. The summed E-state index contributed by atoms with van der Waals surface area (Å²) in [6.07, 6.45) is 1.99. The average Bonchev–Trinajstić information content (AvgIpc) is 2.56. The van der Waals surface area contributed by atoms with Crippen molar-refractivity contribution < 1.29 is 5.11 Å². The van der Waals surface area contributed by atoms with E-state index in [4.69, 9.17) is 5.73 Å². The Morgan fingerprint density at radius 2 is 2.23 bits per heavy atom. The standard InChI is InChI=1S/C10H22N2O/c1-7(2)8(6-11)10(13)9-4-3-5-12-9/h7-10,12-13H,3-6,11H2,1-2H3. The molecule has 1 saturated heterocycles. The van der Waals surface area contributed by atoms with Crippen LogP contribution in [0.3, 0.4) is 0 Å². The van der Waals surface area contributed by atoms with Crippen molar-refractivity contribution >= 4 is 0 Å². The van der Waals surface area contributed by atoms with Crippen LogP contribution in [0.15, 0.2) is 0 Å².